The Labute approximate surface area is 423 Å². The molecule has 2 aromatic heterocycles. The maximum Gasteiger partial charge on any atom is 0.137 e. The summed E-state index contributed by atoms with van der Waals surface area (Å²) in [6.45, 7) is 10.3. The van der Waals surface area contributed by atoms with E-state index in [2.05, 4.69) is 74.5 Å². The molecule has 68 heavy (non-hydrogen) atoms. The van der Waals surface area contributed by atoms with Gasteiger partial charge >= 0.3 is 0 Å². The van der Waals surface area contributed by atoms with Crippen LogP contribution in [0.15, 0.2) is 200 Å². The van der Waals surface area contributed by atoms with Crippen molar-refractivity contribution >= 4 is 44.6 Å². The Morgan fingerprint density at radius 2 is 1.21 bits per heavy atom. The van der Waals surface area contributed by atoms with Crippen molar-refractivity contribution < 1.29 is 26.7 Å². The molecule has 1 aliphatic rings. The average Bonchev–Trinajstić information content (AvgIpc) is 1.80. The van der Waals surface area contributed by atoms with Gasteiger partial charge in [0.2, 0.25) is 0 Å². The number of fused-ring (bicyclic) bond motifs is 4. The van der Waals surface area contributed by atoms with Crippen molar-refractivity contribution in [1.29, 1.82) is 0 Å². The van der Waals surface area contributed by atoms with Crippen LogP contribution in [0.3, 0.4) is 0 Å². The van der Waals surface area contributed by atoms with Gasteiger partial charge in [0.25, 0.3) is 0 Å². The first-order valence-electron chi connectivity index (χ1n) is 30.4. The van der Waals surface area contributed by atoms with Crippen molar-refractivity contribution in [2.45, 2.75) is 59.2 Å². The summed E-state index contributed by atoms with van der Waals surface area (Å²) in [6, 6.07) is 31.8. The molecule has 5 heteroatoms. The third-order valence-electron chi connectivity index (χ3n) is 12.5. The predicted octanol–water partition coefficient (Wildman–Crippen LogP) is 17.1. The SMILES string of the molecule is [2H]c1nc(-n2c3ccc(-c4c([2H])c([2H])c([2H])c([2H])c4[2H])cc3c3ccc(Oc4cccc(N5CN(c6c(-c7cc(C(C)(C)C)cc(C(C)(C)C)c7)cccc6-c6c([2H])c([2H])c([2H])c([2H])c6[2H])c6ccccc65)c4)cc32)c([2H])c(C([2H])([2H])[2H])c1[2H]. The lowest BCUT2D eigenvalue weighted by Crippen LogP contribution is -2.25. The highest BCUT2D eigenvalue weighted by Crippen LogP contribution is 2.51. The Kier molecular flexibility index (Phi) is 6.98. The monoisotopic (exact) mass is 901 g/mol. The molecule has 3 heterocycles. The summed E-state index contributed by atoms with van der Waals surface area (Å²) in [7, 11) is 0. The fraction of sp³-hybridized carbons (Fsp3) is 0.159. The molecule has 0 atom stereocenters. The van der Waals surface area contributed by atoms with Gasteiger partial charge in [-0.2, -0.15) is 0 Å². The fourth-order valence-electron chi connectivity index (χ4n) is 9.04. The molecular formula is C63H56N4O. The molecule has 0 bridgehead atoms. The molecule has 11 rings (SSSR count). The van der Waals surface area contributed by atoms with Gasteiger partial charge in [-0.1, -0.05) is 163 Å². The van der Waals surface area contributed by atoms with Crippen LogP contribution < -0.4 is 14.5 Å². The minimum Gasteiger partial charge on any atom is -0.457 e. The predicted molar refractivity (Wildman–Crippen MR) is 286 cm³/mol. The number of benzene rings is 8. The Morgan fingerprint density at radius 3 is 1.91 bits per heavy atom. The van der Waals surface area contributed by atoms with Crippen LogP contribution in [0.5, 0.6) is 11.5 Å². The van der Waals surface area contributed by atoms with Gasteiger partial charge in [0, 0.05) is 50.0 Å². The van der Waals surface area contributed by atoms with E-state index in [0.717, 1.165) is 33.6 Å². The summed E-state index contributed by atoms with van der Waals surface area (Å²) in [5.74, 6) is 0.453. The van der Waals surface area contributed by atoms with Crippen LogP contribution >= 0.6 is 0 Å². The van der Waals surface area contributed by atoms with Gasteiger partial charge in [-0.15, -0.1) is 0 Å². The number of rotatable bonds is 8. The highest BCUT2D eigenvalue weighted by Gasteiger charge is 2.32. The lowest BCUT2D eigenvalue weighted by Gasteiger charge is -2.29. The molecule has 0 amide bonds. The van der Waals surface area contributed by atoms with Gasteiger partial charge in [0.05, 0.1) is 45.9 Å². The van der Waals surface area contributed by atoms with Crippen LogP contribution in [0.1, 0.15) is 80.2 Å². The summed E-state index contributed by atoms with van der Waals surface area (Å²) in [5, 5.41) is 1.00. The molecule has 8 aromatic carbocycles. The maximum atomic E-state index is 9.25. The van der Waals surface area contributed by atoms with Crippen LogP contribution in [0.25, 0.3) is 61.0 Å². The summed E-state index contributed by atoms with van der Waals surface area (Å²) in [6.07, 6.45) is -0.664. The van der Waals surface area contributed by atoms with Crippen molar-refractivity contribution in [2.75, 3.05) is 16.5 Å². The minimum atomic E-state index is -2.95. The number of pyridine rings is 1. The van der Waals surface area contributed by atoms with Crippen molar-refractivity contribution in [3.05, 3.63) is 217 Å². The first-order chi connectivity index (χ1) is 39.5. The normalized spacial score (nSPS) is 16.3. The van der Waals surface area contributed by atoms with Crippen molar-refractivity contribution in [1.82, 2.24) is 9.55 Å². The molecule has 0 spiro atoms. The van der Waals surface area contributed by atoms with Gasteiger partial charge in [-0.25, -0.2) is 4.98 Å². The van der Waals surface area contributed by atoms with E-state index in [4.69, 9.17) is 22.6 Å². The van der Waals surface area contributed by atoms with Crippen LogP contribution in [0.4, 0.5) is 22.7 Å². The molecule has 10 aromatic rings. The van der Waals surface area contributed by atoms with Crippen LogP contribution in [-0.2, 0) is 10.8 Å². The summed E-state index contributed by atoms with van der Waals surface area (Å²) in [5.41, 5.74) is 7.22. The molecule has 334 valence electrons. The minimum absolute atomic E-state index is 0.0392. The highest BCUT2D eigenvalue weighted by molar-refractivity contribution is 6.11. The van der Waals surface area contributed by atoms with Crippen molar-refractivity contribution in [2.24, 2.45) is 0 Å². The molecule has 0 saturated carbocycles. The summed E-state index contributed by atoms with van der Waals surface area (Å²) in [4.78, 5) is 8.54. The molecule has 0 saturated heterocycles. The maximum absolute atomic E-state index is 9.25. The second kappa shape index (κ2) is 16.8. The summed E-state index contributed by atoms with van der Waals surface area (Å²) < 4.78 is 146. The van der Waals surface area contributed by atoms with Crippen LogP contribution in [0.2, 0.25) is 0 Å². The Balaban J connectivity index is 1.05. The number of hydrogen-bond donors (Lipinski definition) is 0. The van der Waals surface area contributed by atoms with Gasteiger partial charge in [-0.05, 0) is 117 Å². The molecule has 0 N–H and O–H groups in total. The average molecular weight is 901 g/mol. The van der Waals surface area contributed by atoms with E-state index < -0.39 is 79.0 Å². The second-order valence-electron chi connectivity index (χ2n) is 19.0. The van der Waals surface area contributed by atoms with Gasteiger partial charge in [-0.3, -0.25) is 4.57 Å². The lowest BCUT2D eigenvalue weighted by molar-refractivity contribution is 0.483. The Bertz CT molecular complexity index is 4320. The molecule has 0 radical (unpaired) electrons. The number of ether oxygens (including phenoxy) is 1. The van der Waals surface area contributed by atoms with E-state index in [-0.39, 0.29) is 46.5 Å². The van der Waals surface area contributed by atoms with E-state index in [9.17, 15) is 4.11 Å². The number of nitrogens with zero attached hydrogens (tertiary/aromatic N) is 4. The Morgan fingerprint density at radius 1 is 0.544 bits per heavy atom. The zero-order chi connectivity index (χ0) is 60.5. The quantitative estimate of drug-likeness (QED) is 0.152. The molecule has 0 fully saturated rings. The lowest BCUT2D eigenvalue weighted by atomic mass is 9.78. The van der Waals surface area contributed by atoms with Gasteiger partial charge < -0.3 is 14.5 Å². The van der Waals surface area contributed by atoms with Crippen molar-refractivity contribution in [3.63, 3.8) is 0 Å². The third-order valence-corrected chi connectivity index (χ3v) is 12.5. The number of hydrogen-bond acceptors (Lipinski definition) is 4. The first-order valence-corrected chi connectivity index (χ1v) is 22.4. The molecule has 0 aliphatic carbocycles. The molecule has 1 aliphatic heterocycles. The Hall–Kier alpha value is -7.89. The largest absolute Gasteiger partial charge is 0.457 e. The van der Waals surface area contributed by atoms with E-state index in [1.807, 2.05) is 60.7 Å². The second-order valence-corrected chi connectivity index (χ2v) is 19.0. The third kappa shape index (κ3) is 7.88. The van der Waals surface area contributed by atoms with E-state index >= 15 is 0 Å². The standard InChI is InChI=1S/C63H56N4O/c1-42-32-33-64-60(34-42)67-56-31-28-45(43-18-10-8-11-19-43)37-55(56)54-30-29-51(40-59(54)67)68-50-23-16-22-49(39-50)65-41-66(58-27-15-14-26-57(58)65)61-52(44-20-12-9-13-21-44)24-17-25-53(61)46-35-47(62(2,3)4)38-48(36-46)63(5,6)7/h8-40H,41H2,1-7H3/i1D3,8D,9D,10D,11D,12D,13D,18D,19D,20D,21D,32D,33D,34D. The smallest absolute Gasteiger partial charge is 0.137 e. The topological polar surface area (TPSA) is 33.5 Å². The zero-order valence-electron chi connectivity index (χ0n) is 54.5. The fourth-order valence-corrected chi connectivity index (χ4v) is 9.04. The highest BCUT2D eigenvalue weighted by atomic mass is 16.5. The first kappa shape index (κ1) is 28.3. The molecular weight excluding hydrogens is 829 g/mol. The van der Waals surface area contributed by atoms with Crippen molar-refractivity contribution in [3.8, 4) is 50.7 Å². The van der Waals surface area contributed by atoms with Gasteiger partial charge in [0.1, 0.15) is 24.0 Å². The van der Waals surface area contributed by atoms with E-state index in [0.29, 0.717) is 55.8 Å². The van der Waals surface area contributed by atoms with Crippen LogP contribution in [0, 0.1) is 6.85 Å². The zero-order valence-corrected chi connectivity index (χ0v) is 38.5. The molecule has 0 unspecified atom stereocenters. The van der Waals surface area contributed by atoms with E-state index in [1.54, 1.807) is 42.5 Å². The molecule has 5 nitrogen and oxygen atoms in total. The van der Waals surface area contributed by atoms with Crippen LogP contribution in [-0.4, -0.2) is 16.2 Å². The number of aromatic nitrogens is 2. The number of para-hydroxylation sites is 3. The summed E-state index contributed by atoms with van der Waals surface area (Å²) >= 11 is 0. The number of anilines is 4. The van der Waals surface area contributed by atoms with Gasteiger partial charge in [0.15, 0.2) is 0 Å². The van der Waals surface area contributed by atoms with E-state index in [1.165, 1.54) is 4.57 Å².